The van der Waals surface area contributed by atoms with Gasteiger partial charge < -0.3 is 9.87 Å². The topological polar surface area (TPSA) is 103 Å². The van der Waals surface area contributed by atoms with Gasteiger partial charge in [0.2, 0.25) is 5.91 Å². The third-order valence-corrected chi connectivity index (χ3v) is 6.64. The van der Waals surface area contributed by atoms with Crippen molar-refractivity contribution in [3.8, 4) is 11.1 Å². The summed E-state index contributed by atoms with van der Waals surface area (Å²) in [5.74, 6) is -0.452. The number of carbonyl (C=O) groups is 2. The Bertz CT molecular complexity index is 1180. The normalized spacial score (nSPS) is 11.8. The molecular formula is C24H22NNaO5S2. The van der Waals surface area contributed by atoms with Crippen molar-refractivity contribution < 1.29 is 52.1 Å². The smallest absolute Gasteiger partial charge is 0.744 e. The SMILES string of the molecule is CC(=O)SCC(Cc1ccc(-c2ccccc2)cc1)C(=O)Nc1ccc(S(=O)(=O)[O-])cc1.[Na+]. The van der Waals surface area contributed by atoms with Crippen molar-refractivity contribution in [1.82, 2.24) is 0 Å². The van der Waals surface area contributed by atoms with Crippen LogP contribution in [0.25, 0.3) is 11.1 Å². The van der Waals surface area contributed by atoms with Crippen molar-refractivity contribution in [1.29, 1.82) is 0 Å². The molecule has 0 saturated heterocycles. The fourth-order valence-corrected chi connectivity index (χ4v) is 4.32. The van der Waals surface area contributed by atoms with Crippen molar-refractivity contribution in [2.45, 2.75) is 18.2 Å². The zero-order valence-corrected chi connectivity index (χ0v) is 22.0. The molecule has 0 spiro atoms. The van der Waals surface area contributed by atoms with Gasteiger partial charge in [-0.25, -0.2) is 8.42 Å². The fourth-order valence-electron chi connectivity index (χ4n) is 3.14. The van der Waals surface area contributed by atoms with E-state index >= 15 is 0 Å². The first-order valence-corrected chi connectivity index (χ1v) is 12.3. The van der Waals surface area contributed by atoms with Crippen LogP contribution in [0.3, 0.4) is 0 Å². The average Bonchev–Trinajstić information content (AvgIpc) is 2.77. The van der Waals surface area contributed by atoms with Gasteiger partial charge in [0.1, 0.15) is 10.1 Å². The van der Waals surface area contributed by atoms with E-state index in [1.165, 1.54) is 19.1 Å². The summed E-state index contributed by atoms with van der Waals surface area (Å²) < 4.78 is 33.2. The molecule has 0 saturated carbocycles. The molecule has 0 aliphatic heterocycles. The van der Waals surface area contributed by atoms with E-state index < -0.39 is 16.0 Å². The Labute approximate surface area is 220 Å². The van der Waals surface area contributed by atoms with Crippen LogP contribution in [0.15, 0.2) is 83.8 Å². The number of anilines is 1. The van der Waals surface area contributed by atoms with Crippen molar-refractivity contribution in [3.63, 3.8) is 0 Å². The minimum absolute atomic E-state index is 0. The fraction of sp³-hybridized carbons (Fsp3) is 0.167. The van der Waals surface area contributed by atoms with E-state index in [4.69, 9.17) is 0 Å². The van der Waals surface area contributed by atoms with Gasteiger partial charge in [-0.15, -0.1) is 0 Å². The van der Waals surface area contributed by atoms with Crippen molar-refractivity contribution in [2.24, 2.45) is 5.92 Å². The molecule has 3 rings (SSSR count). The molecule has 0 aliphatic carbocycles. The molecule has 0 heterocycles. The molecular weight excluding hydrogens is 469 g/mol. The Balaban J connectivity index is 0.00000385. The molecule has 0 radical (unpaired) electrons. The Kier molecular flexibility index (Phi) is 10.3. The third kappa shape index (κ3) is 8.41. The van der Waals surface area contributed by atoms with Gasteiger partial charge in [-0.3, -0.25) is 9.59 Å². The Morgan fingerprint density at radius 3 is 2.03 bits per heavy atom. The maximum atomic E-state index is 12.9. The van der Waals surface area contributed by atoms with Crippen LogP contribution in [0, 0.1) is 5.92 Å². The summed E-state index contributed by atoms with van der Waals surface area (Å²) in [6, 6.07) is 22.9. The van der Waals surface area contributed by atoms with Crippen LogP contribution >= 0.6 is 11.8 Å². The van der Waals surface area contributed by atoms with Gasteiger partial charge in [0.15, 0.2) is 5.12 Å². The second-order valence-corrected chi connectivity index (χ2v) is 9.81. The van der Waals surface area contributed by atoms with Crippen LogP contribution in [-0.2, 0) is 26.1 Å². The van der Waals surface area contributed by atoms with Gasteiger partial charge in [0, 0.05) is 18.4 Å². The molecule has 33 heavy (non-hydrogen) atoms. The van der Waals surface area contributed by atoms with E-state index in [1.807, 2.05) is 54.6 Å². The Morgan fingerprint density at radius 2 is 1.48 bits per heavy atom. The maximum Gasteiger partial charge on any atom is 1.00 e. The summed E-state index contributed by atoms with van der Waals surface area (Å²) in [4.78, 5) is 24.0. The van der Waals surface area contributed by atoms with Crippen molar-refractivity contribution in [3.05, 3.63) is 84.4 Å². The van der Waals surface area contributed by atoms with Gasteiger partial charge >= 0.3 is 29.6 Å². The molecule has 3 aromatic carbocycles. The first-order valence-electron chi connectivity index (χ1n) is 9.87. The number of hydrogen-bond donors (Lipinski definition) is 1. The van der Waals surface area contributed by atoms with E-state index in [0.29, 0.717) is 17.9 Å². The van der Waals surface area contributed by atoms with Gasteiger partial charge in [-0.05, 0) is 47.4 Å². The summed E-state index contributed by atoms with van der Waals surface area (Å²) >= 11 is 1.08. The van der Waals surface area contributed by atoms with Crippen LogP contribution in [0.4, 0.5) is 5.69 Å². The number of amides is 1. The summed E-state index contributed by atoms with van der Waals surface area (Å²) in [5, 5.41) is 2.66. The zero-order chi connectivity index (χ0) is 23.1. The summed E-state index contributed by atoms with van der Waals surface area (Å²) in [6.45, 7) is 1.45. The molecule has 6 nitrogen and oxygen atoms in total. The first kappa shape index (κ1) is 27.3. The predicted octanol–water partition coefficient (Wildman–Crippen LogP) is 1.34. The number of benzene rings is 3. The minimum atomic E-state index is -4.55. The molecule has 1 N–H and O–H groups in total. The summed E-state index contributed by atoms with van der Waals surface area (Å²) in [5.41, 5.74) is 3.51. The van der Waals surface area contributed by atoms with Crippen LogP contribution in [-0.4, -0.2) is 29.7 Å². The molecule has 1 atom stereocenters. The van der Waals surface area contributed by atoms with Gasteiger partial charge in [-0.1, -0.05) is 66.4 Å². The van der Waals surface area contributed by atoms with E-state index in [9.17, 15) is 22.6 Å². The van der Waals surface area contributed by atoms with E-state index in [1.54, 1.807) is 0 Å². The average molecular weight is 492 g/mol. The van der Waals surface area contributed by atoms with E-state index in [-0.39, 0.29) is 45.5 Å². The Hall–Kier alpha value is -1.94. The van der Waals surface area contributed by atoms with Crippen LogP contribution in [0.2, 0.25) is 0 Å². The maximum absolute atomic E-state index is 12.9. The third-order valence-electron chi connectivity index (χ3n) is 4.81. The molecule has 3 aromatic rings. The van der Waals surface area contributed by atoms with Gasteiger partial charge in [0.05, 0.1) is 10.8 Å². The monoisotopic (exact) mass is 491 g/mol. The van der Waals surface area contributed by atoms with E-state index in [0.717, 1.165) is 40.6 Å². The molecule has 0 fully saturated rings. The number of thioether (sulfide) groups is 1. The zero-order valence-electron chi connectivity index (χ0n) is 18.4. The number of nitrogens with one attached hydrogen (secondary N) is 1. The number of rotatable bonds is 8. The van der Waals surface area contributed by atoms with Crippen LogP contribution in [0.1, 0.15) is 12.5 Å². The second kappa shape index (κ2) is 12.5. The molecule has 1 amide bonds. The number of hydrogen-bond acceptors (Lipinski definition) is 6. The standard InChI is InChI=1S/C24H23NO5S2.Na/c1-17(26)31-16-21(24(27)25-22-11-13-23(14-12-22)32(28,29)30)15-18-7-9-20(10-8-18)19-5-3-2-4-6-19;/h2-14,21H,15-16H2,1H3,(H,25,27)(H,28,29,30);/q;+1/p-1. The molecule has 0 bridgehead atoms. The second-order valence-electron chi connectivity index (χ2n) is 7.23. The van der Waals surface area contributed by atoms with Gasteiger partial charge in [-0.2, -0.15) is 0 Å². The summed E-state index contributed by atoms with van der Waals surface area (Å²) in [6.07, 6.45) is 0.439. The van der Waals surface area contributed by atoms with Gasteiger partial charge in [0.25, 0.3) is 0 Å². The Morgan fingerprint density at radius 1 is 0.909 bits per heavy atom. The molecule has 0 aliphatic rings. The quantitative estimate of drug-likeness (QED) is 0.377. The van der Waals surface area contributed by atoms with E-state index in [2.05, 4.69) is 5.32 Å². The van der Waals surface area contributed by atoms with Crippen molar-refractivity contribution in [2.75, 3.05) is 11.1 Å². The molecule has 1 unspecified atom stereocenters. The summed E-state index contributed by atoms with van der Waals surface area (Å²) in [7, 11) is -4.55. The predicted molar refractivity (Wildman–Crippen MR) is 125 cm³/mol. The first-order chi connectivity index (χ1) is 15.2. The number of carbonyl (C=O) groups excluding carboxylic acids is 2. The largest absolute Gasteiger partial charge is 1.00 e. The molecule has 166 valence electrons. The van der Waals surface area contributed by atoms with Crippen LogP contribution in [0.5, 0.6) is 0 Å². The van der Waals surface area contributed by atoms with Crippen molar-refractivity contribution >= 4 is 38.6 Å². The minimum Gasteiger partial charge on any atom is -0.744 e. The molecule has 0 aromatic heterocycles. The van der Waals surface area contributed by atoms with Crippen LogP contribution < -0.4 is 34.9 Å². The molecule has 9 heteroatoms.